The molecule has 0 bridgehead atoms. The topological polar surface area (TPSA) is 9.23 Å². The molecular formula is C7H11BrO. The normalized spacial score (nSPS) is 19.9. The number of allylic oxidation sites excluding steroid dienone is 1. The maximum Gasteiger partial charge on any atom is 0.0503 e. The molecule has 2 heteroatoms. The van der Waals surface area contributed by atoms with Crippen LogP contribution in [0, 0.1) is 0 Å². The molecule has 1 rings (SSSR count). The van der Waals surface area contributed by atoms with E-state index in [-0.39, 0.29) is 0 Å². The van der Waals surface area contributed by atoms with Gasteiger partial charge in [0, 0.05) is 5.33 Å². The van der Waals surface area contributed by atoms with Gasteiger partial charge < -0.3 is 4.74 Å². The van der Waals surface area contributed by atoms with Gasteiger partial charge in [-0.25, -0.2) is 0 Å². The standard InChI is InChI=1S/C7H11BrO/c8-4-1-7-2-5-9-6-3-7/h1H,2-6H2. The van der Waals surface area contributed by atoms with Gasteiger partial charge in [-0.2, -0.15) is 0 Å². The van der Waals surface area contributed by atoms with Crippen LogP contribution in [0.4, 0.5) is 0 Å². The molecule has 0 aromatic carbocycles. The highest BCUT2D eigenvalue weighted by Crippen LogP contribution is 2.12. The molecule has 1 saturated heterocycles. The lowest BCUT2D eigenvalue weighted by Crippen LogP contribution is -2.07. The monoisotopic (exact) mass is 190 g/mol. The minimum atomic E-state index is 0.916. The Balaban J connectivity index is 2.30. The summed E-state index contributed by atoms with van der Waals surface area (Å²) in [4.78, 5) is 0. The van der Waals surface area contributed by atoms with E-state index in [1.165, 1.54) is 5.57 Å². The number of halogens is 1. The summed E-state index contributed by atoms with van der Waals surface area (Å²) in [5, 5.41) is 0.988. The van der Waals surface area contributed by atoms with Gasteiger partial charge in [-0.05, 0) is 12.8 Å². The fourth-order valence-corrected chi connectivity index (χ4v) is 1.40. The van der Waals surface area contributed by atoms with Gasteiger partial charge in [-0.3, -0.25) is 0 Å². The predicted octanol–water partition coefficient (Wildman–Crippen LogP) is 2.12. The fraction of sp³-hybridized carbons (Fsp3) is 0.714. The molecular weight excluding hydrogens is 180 g/mol. The summed E-state index contributed by atoms with van der Waals surface area (Å²) >= 11 is 3.37. The van der Waals surface area contributed by atoms with E-state index in [1.807, 2.05) is 0 Å². The van der Waals surface area contributed by atoms with E-state index in [9.17, 15) is 0 Å². The maximum absolute atomic E-state index is 5.19. The van der Waals surface area contributed by atoms with Crippen molar-refractivity contribution in [3.8, 4) is 0 Å². The lowest BCUT2D eigenvalue weighted by Gasteiger charge is -2.13. The second kappa shape index (κ2) is 4.07. The van der Waals surface area contributed by atoms with E-state index in [1.54, 1.807) is 0 Å². The van der Waals surface area contributed by atoms with E-state index >= 15 is 0 Å². The van der Waals surface area contributed by atoms with Crippen LogP contribution in [0.3, 0.4) is 0 Å². The van der Waals surface area contributed by atoms with E-state index in [4.69, 9.17) is 4.74 Å². The van der Waals surface area contributed by atoms with Gasteiger partial charge in [0.1, 0.15) is 0 Å². The zero-order chi connectivity index (χ0) is 6.53. The summed E-state index contributed by atoms with van der Waals surface area (Å²) in [5.41, 5.74) is 1.54. The van der Waals surface area contributed by atoms with Crippen molar-refractivity contribution in [1.82, 2.24) is 0 Å². The lowest BCUT2D eigenvalue weighted by atomic mass is 10.1. The highest BCUT2D eigenvalue weighted by Gasteiger charge is 2.02. The van der Waals surface area contributed by atoms with Crippen LogP contribution in [0.5, 0.6) is 0 Å². The first-order chi connectivity index (χ1) is 4.43. The third-order valence-corrected chi connectivity index (χ3v) is 1.82. The van der Waals surface area contributed by atoms with Crippen molar-refractivity contribution in [3.63, 3.8) is 0 Å². The molecule has 9 heavy (non-hydrogen) atoms. The summed E-state index contributed by atoms with van der Waals surface area (Å²) in [5.74, 6) is 0. The Hall–Kier alpha value is 0.180. The van der Waals surface area contributed by atoms with Gasteiger partial charge >= 0.3 is 0 Å². The van der Waals surface area contributed by atoms with E-state index < -0.39 is 0 Å². The molecule has 0 unspecified atom stereocenters. The molecule has 1 aliphatic heterocycles. The highest BCUT2D eigenvalue weighted by atomic mass is 79.9. The molecule has 1 heterocycles. The minimum Gasteiger partial charge on any atom is -0.381 e. The first-order valence-corrected chi connectivity index (χ1v) is 4.37. The first kappa shape index (κ1) is 7.29. The minimum absolute atomic E-state index is 0.916. The van der Waals surface area contributed by atoms with Crippen LogP contribution in [-0.2, 0) is 4.74 Å². The van der Waals surface area contributed by atoms with Gasteiger partial charge in [0.15, 0.2) is 0 Å². The second-order valence-corrected chi connectivity index (χ2v) is 2.78. The van der Waals surface area contributed by atoms with Crippen molar-refractivity contribution in [3.05, 3.63) is 11.6 Å². The van der Waals surface area contributed by atoms with Crippen molar-refractivity contribution in [2.45, 2.75) is 12.8 Å². The van der Waals surface area contributed by atoms with Crippen molar-refractivity contribution >= 4 is 15.9 Å². The molecule has 0 amide bonds. The van der Waals surface area contributed by atoms with Gasteiger partial charge in [0.2, 0.25) is 0 Å². The van der Waals surface area contributed by atoms with Crippen LogP contribution in [0.25, 0.3) is 0 Å². The smallest absolute Gasteiger partial charge is 0.0503 e. The molecule has 0 aromatic heterocycles. The molecule has 1 aliphatic rings. The predicted molar refractivity (Wildman–Crippen MR) is 41.9 cm³/mol. The molecule has 0 radical (unpaired) electrons. The van der Waals surface area contributed by atoms with Gasteiger partial charge in [-0.15, -0.1) is 0 Å². The number of rotatable bonds is 1. The van der Waals surface area contributed by atoms with Crippen molar-refractivity contribution in [2.75, 3.05) is 18.5 Å². The molecule has 0 aromatic rings. The van der Waals surface area contributed by atoms with Crippen molar-refractivity contribution < 1.29 is 4.74 Å². The summed E-state index contributed by atoms with van der Waals surface area (Å²) in [6.07, 6.45) is 4.50. The number of ether oxygens (including phenoxy) is 1. The van der Waals surface area contributed by atoms with Crippen LogP contribution >= 0.6 is 15.9 Å². The Morgan fingerprint density at radius 1 is 1.44 bits per heavy atom. The molecule has 52 valence electrons. The quantitative estimate of drug-likeness (QED) is 0.455. The third kappa shape index (κ3) is 2.50. The summed E-state index contributed by atoms with van der Waals surface area (Å²) in [6, 6.07) is 0. The van der Waals surface area contributed by atoms with E-state index in [0.717, 1.165) is 31.4 Å². The number of hydrogen-bond acceptors (Lipinski definition) is 1. The number of alkyl halides is 1. The average Bonchev–Trinajstić information content (AvgIpc) is 1.91. The molecule has 0 atom stereocenters. The first-order valence-electron chi connectivity index (χ1n) is 3.25. The van der Waals surface area contributed by atoms with Crippen molar-refractivity contribution in [1.29, 1.82) is 0 Å². The zero-order valence-electron chi connectivity index (χ0n) is 5.40. The Bertz CT molecular complexity index is 101. The summed E-state index contributed by atoms with van der Waals surface area (Å²) in [7, 11) is 0. The molecule has 1 nitrogen and oxygen atoms in total. The van der Waals surface area contributed by atoms with Crippen LogP contribution in [0.2, 0.25) is 0 Å². The van der Waals surface area contributed by atoms with Gasteiger partial charge in [0.05, 0.1) is 13.2 Å². The SMILES string of the molecule is BrCC=C1CCOCC1. The molecule has 0 N–H and O–H groups in total. The third-order valence-electron chi connectivity index (χ3n) is 1.50. The van der Waals surface area contributed by atoms with Gasteiger partial charge in [-0.1, -0.05) is 27.6 Å². The Labute approximate surface area is 64.2 Å². The molecule has 0 spiro atoms. The second-order valence-electron chi connectivity index (χ2n) is 2.13. The zero-order valence-corrected chi connectivity index (χ0v) is 6.99. The van der Waals surface area contributed by atoms with Crippen molar-refractivity contribution in [2.24, 2.45) is 0 Å². The van der Waals surface area contributed by atoms with Crippen LogP contribution in [0.1, 0.15) is 12.8 Å². The van der Waals surface area contributed by atoms with Crippen LogP contribution in [-0.4, -0.2) is 18.5 Å². The van der Waals surface area contributed by atoms with Gasteiger partial charge in [0.25, 0.3) is 0 Å². The van der Waals surface area contributed by atoms with Crippen LogP contribution in [0.15, 0.2) is 11.6 Å². The van der Waals surface area contributed by atoms with E-state index in [0.29, 0.717) is 0 Å². The van der Waals surface area contributed by atoms with Crippen LogP contribution < -0.4 is 0 Å². The summed E-state index contributed by atoms with van der Waals surface area (Å²) < 4.78 is 5.19. The molecule has 1 fully saturated rings. The largest absolute Gasteiger partial charge is 0.381 e. The average molecular weight is 191 g/mol. The Morgan fingerprint density at radius 3 is 2.67 bits per heavy atom. The van der Waals surface area contributed by atoms with E-state index in [2.05, 4.69) is 22.0 Å². The molecule has 0 aliphatic carbocycles. The Kier molecular flexibility index (Phi) is 3.30. The highest BCUT2D eigenvalue weighted by molar-refractivity contribution is 9.09. The lowest BCUT2D eigenvalue weighted by molar-refractivity contribution is 0.119. The number of hydrogen-bond donors (Lipinski definition) is 0. The fourth-order valence-electron chi connectivity index (χ4n) is 0.947. The maximum atomic E-state index is 5.19. The molecule has 0 saturated carbocycles. The Morgan fingerprint density at radius 2 is 2.11 bits per heavy atom. The summed E-state index contributed by atoms with van der Waals surface area (Å²) in [6.45, 7) is 1.83.